The topological polar surface area (TPSA) is 83.5 Å². The summed E-state index contributed by atoms with van der Waals surface area (Å²) in [4.78, 5) is 23.0. The van der Waals surface area contributed by atoms with Crippen LogP contribution in [0.1, 0.15) is 19.8 Å². The number of ether oxygens (including phenoxy) is 2. The third kappa shape index (κ3) is 2.84. The molecule has 0 saturated carbocycles. The Morgan fingerprint density at radius 2 is 2.10 bits per heavy atom. The molecular weight excluding hydrogens is 272 g/mol. The van der Waals surface area contributed by atoms with Crippen LogP contribution in [0.5, 0.6) is 11.5 Å². The third-order valence-corrected chi connectivity index (χ3v) is 3.24. The molecule has 2 N–H and O–H groups in total. The number of rotatable bonds is 6. The maximum Gasteiger partial charge on any atom is 0.298 e. The Bertz CT molecular complexity index is 722. The number of hydrogen-bond acceptors (Lipinski definition) is 5. The van der Waals surface area contributed by atoms with Crippen molar-refractivity contribution >= 4 is 23.1 Å². The van der Waals surface area contributed by atoms with Crippen LogP contribution in [0.3, 0.4) is 0 Å². The van der Waals surface area contributed by atoms with Gasteiger partial charge in [-0.05, 0) is 24.6 Å². The molecule has 0 aliphatic heterocycles. The number of nitrogen functional groups attached to an aromatic ring is 1. The van der Waals surface area contributed by atoms with Gasteiger partial charge in [-0.2, -0.15) is 0 Å². The predicted molar refractivity (Wildman–Crippen MR) is 80.7 cm³/mol. The average molecular weight is 290 g/mol. The van der Waals surface area contributed by atoms with E-state index in [0.717, 1.165) is 12.8 Å². The molecule has 6 nitrogen and oxygen atoms in total. The number of fused-ring (bicyclic) bond motifs is 1. The normalized spacial score (nSPS) is 10.6. The second-order valence-corrected chi connectivity index (χ2v) is 4.72. The number of aromatic nitrogens is 1. The van der Waals surface area contributed by atoms with Crippen LogP contribution in [0.15, 0.2) is 23.0 Å². The number of pyridine rings is 1. The Kier molecular flexibility index (Phi) is 4.47. The van der Waals surface area contributed by atoms with Gasteiger partial charge in [0.2, 0.25) is 5.75 Å². The van der Waals surface area contributed by atoms with Crippen molar-refractivity contribution in [3.8, 4) is 11.5 Å². The van der Waals surface area contributed by atoms with E-state index in [0.29, 0.717) is 23.2 Å². The minimum Gasteiger partial charge on any atom is -0.489 e. The molecule has 0 bridgehead atoms. The van der Waals surface area contributed by atoms with E-state index in [1.54, 1.807) is 25.2 Å². The zero-order chi connectivity index (χ0) is 15.4. The van der Waals surface area contributed by atoms with Crippen molar-refractivity contribution in [3.63, 3.8) is 0 Å². The highest BCUT2D eigenvalue weighted by Gasteiger charge is 2.18. The first-order chi connectivity index (χ1) is 10.1. The van der Waals surface area contributed by atoms with E-state index >= 15 is 0 Å². The van der Waals surface area contributed by atoms with Crippen LogP contribution in [-0.4, -0.2) is 17.6 Å². The highest BCUT2D eigenvalue weighted by Crippen LogP contribution is 2.33. The molecule has 1 aromatic carbocycles. The molecule has 0 saturated heterocycles. The fraction of sp³-hybridized carbons (Fsp3) is 0.333. The summed E-state index contributed by atoms with van der Waals surface area (Å²) in [5, 5.41) is 0.680. The van der Waals surface area contributed by atoms with E-state index in [1.165, 1.54) is 4.57 Å². The zero-order valence-electron chi connectivity index (χ0n) is 12.1. The van der Waals surface area contributed by atoms with Crippen molar-refractivity contribution in [2.75, 3.05) is 12.3 Å². The number of unbranched alkanes of at least 4 members (excludes halogenated alkanes) is 1. The number of benzene rings is 1. The summed E-state index contributed by atoms with van der Waals surface area (Å²) in [5.74, 6) is 0.189. The van der Waals surface area contributed by atoms with Crippen LogP contribution in [0, 0.1) is 0 Å². The molecule has 0 fully saturated rings. The fourth-order valence-electron chi connectivity index (χ4n) is 2.11. The molecule has 0 amide bonds. The van der Waals surface area contributed by atoms with Gasteiger partial charge in [0.25, 0.3) is 12.0 Å². The Morgan fingerprint density at radius 3 is 2.76 bits per heavy atom. The zero-order valence-corrected chi connectivity index (χ0v) is 12.1. The summed E-state index contributed by atoms with van der Waals surface area (Å²) in [6, 6.07) is 5.15. The van der Waals surface area contributed by atoms with Gasteiger partial charge in [0.15, 0.2) is 5.75 Å². The van der Waals surface area contributed by atoms with Gasteiger partial charge in [0, 0.05) is 18.1 Å². The summed E-state index contributed by atoms with van der Waals surface area (Å²) in [7, 11) is 1.59. The summed E-state index contributed by atoms with van der Waals surface area (Å²) in [6.45, 7) is 2.71. The Hall–Kier alpha value is -2.50. The van der Waals surface area contributed by atoms with Crippen LogP contribution >= 0.6 is 0 Å². The van der Waals surface area contributed by atoms with Crippen LogP contribution in [0.2, 0.25) is 0 Å². The van der Waals surface area contributed by atoms with Crippen molar-refractivity contribution in [2.24, 2.45) is 7.05 Å². The molecule has 0 radical (unpaired) electrons. The summed E-state index contributed by atoms with van der Waals surface area (Å²) in [6.07, 6.45) is 1.80. The minimum atomic E-state index is -0.438. The molecule has 0 aliphatic carbocycles. The monoisotopic (exact) mass is 290 g/mol. The van der Waals surface area contributed by atoms with Gasteiger partial charge in [-0.25, -0.2) is 0 Å². The Labute approximate surface area is 122 Å². The van der Waals surface area contributed by atoms with Crippen LogP contribution in [-0.2, 0) is 11.8 Å². The van der Waals surface area contributed by atoms with Gasteiger partial charge < -0.3 is 19.8 Å². The third-order valence-electron chi connectivity index (χ3n) is 3.24. The molecule has 2 aromatic rings. The van der Waals surface area contributed by atoms with Crippen molar-refractivity contribution in [2.45, 2.75) is 19.8 Å². The van der Waals surface area contributed by atoms with Crippen molar-refractivity contribution in [1.82, 2.24) is 4.57 Å². The van der Waals surface area contributed by atoms with Crippen LogP contribution in [0.4, 0.5) is 5.69 Å². The van der Waals surface area contributed by atoms with E-state index in [4.69, 9.17) is 15.2 Å². The van der Waals surface area contributed by atoms with Crippen LogP contribution < -0.4 is 20.8 Å². The molecule has 1 heterocycles. The number of nitrogens with zero attached hydrogens (tertiary/aromatic N) is 1. The van der Waals surface area contributed by atoms with Gasteiger partial charge in [-0.1, -0.05) is 13.3 Å². The number of aryl methyl sites for hydroxylation is 1. The number of hydrogen-bond donors (Lipinski definition) is 1. The van der Waals surface area contributed by atoms with Gasteiger partial charge in [-0.15, -0.1) is 0 Å². The van der Waals surface area contributed by atoms with Gasteiger partial charge >= 0.3 is 0 Å². The van der Waals surface area contributed by atoms with E-state index in [1.807, 2.05) is 6.92 Å². The number of carbonyl (C=O) groups excluding carboxylic acids is 1. The standard InChI is InChI=1S/C15H18N2O4/c1-3-4-7-20-13-11-6-5-10(16)8-12(11)17(2)15(19)14(13)21-9-18/h5-6,8-9H,3-4,7,16H2,1-2H3. The second-order valence-electron chi connectivity index (χ2n) is 4.72. The number of anilines is 1. The lowest BCUT2D eigenvalue weighted by Crippen LogP contribution is -2.21. The lowest BCUT2D eigenvalue weighted by molar-refractivity contribution is -0.120. The average Bonchev–Trinajstić information content (AvgIpc) is 2.48. The maximum atomic E-state index is 12.3. The Balaban J connectivity index is 2.69. The second kappa shape index (κ2) is 6.30. The molecule has 0 aliphatic rings. The van der Waals surface area contributed by atoms with Crippen molar-refractivity contribution in [1.29, 1.82) is 0 Å². The van der Waals surface area contributed by atoms with E-state index in [-0.39, 0.29) is 18.0 Å². The number of carbonyl (C=O) groups is 1. The molecule has 21 heavy (non-hydrogen) atoms. The maximum absolute atomic E-state index is 12.3. The summed E-state index contributed by atoms with van der Waals surface area (Å²) in [5.41, 5.74) is 6.50. The molecule has 112 valence electrons. The van der Waals surface area contributed by atoms with Crippen LogP contribution in [0.25, 0.3) is 10.9 Å². The van der Waals surface area contributed by atoms with Crippen molar-refractivity contribution < 1.29 is 14.3 Å². The van der Waals surface area contributed by atoms with E-state index in [9.17, 15) is 9.59 Å². The quantitative estimate of drug-likeness (QED) is 0.498. The predicted octanol–water partition coefficient (Wildman–Crippen LogP) is 1.83. The van der Waals surface area contributed by atoms with E-state index in [2.05, 4.69) is 0 Å². The molecule has 2 rings (SSSR count). The summed E-state index contributed by atoms with van der Waals surface area (Å²) < 4.78 is 11.9. The smallest absolute Gasteiger partial charge is 0.298 e. The molecule has 0 atom stereocenters. The largest absolute Gasteiger partial charge is 0.489 e. The fourth-order valence-corrected chi connectivity index (χ4v) is 2.11. The molecule has 6 heteroatoms. The molecule has 0 unspecified atom stereocenters. The molecular formula is C15H18N2O4. The minimum absolute atomic E-state index is 0.0964. The first kappa shape index (κ1) is 14.9. The molecule has 0 spiro atoms. The van der Waals surface area contributed by atoms with Gasteiger partial charge in [0.05, 0.1) is 12.1 Å². The number of nitrogens with two attached hydrogens (primary N) is 1. The lowest BCUT2D eigenvalue weighted by Gasteiger charge is -2.15. The SMILES string of the molecule is CCCCOc1c(OC=O)c(=O)n(C)c2cc(N)ccc12. The van der Waals surface area contributed by atoms with E-state index < -0.39 is 5.56 Å². The highest BCUT2D eigenvalue weighted by atomic mass is 16.5. The lowest BCUT2D eigenvalue weighted by atomic mass is 10.1. The highest BCUT2D eigenvalue weighted by molar-refractivity contribution is 5.90. The summed E-state index contributed by atoms with van der Waals surface area (Å²) >= 11 is 0. The first-order valence-electron chi connectivity index (χ1n) is 6.75. The van der Waals surface area contributed by atoms with Gasteiger partial charge in [-0.3, -0.25) is 9.59 Å². The van der Waals surface area contributed by atoms with Gasteiger partial charge in [0.1, 0.15) is 0 Å². The Morgan fingerprint density at radius 1 is 1.33 bits per heavy atom. The first-order valence-corrected chi connectivity index (χ1v) is 6.75. The molecule has 1 aromatic heterocycles. The van der Waals surface area contributed by atoms with Crippen molar-refractivity contribution in [3.05, 3.63) is 28.6 Å².